The second-order valence-corrected chi connectivity index (χ2v) is 9.79. The van der Waals surface area contributed by atoms with Crippen LogP contribution in [0.4, 0.5) is 18.9 Å². The third kappa shape index (κ3) is 5.51. The number of pyridine rings is 1. The number of nitrogen functional groups attached to an aromatic ring is 1. The van der Waals surface area contributed by atoms with E-state index in [2.05, 4.69) is 14.7 Å². The highest BCUT2D eigenvalue weighted by atomic mass is 19.4. The van der Waals surface area contributed by atoms with Crippen LogP contribution < -0.4 is 10.5 Å². The highest BCUT2D eigenvalue weighted by molar-refractivity contribution is 5.99. The number of hydrogen-bond donors (Lipinski definition) is 2. The molecule has 1 saturated heterocycles. The number of aromatic amines is 1. The Hall–Kier alpha value is -3.34. The highest BCUT2D eigenvalue weighted by Crippen LogP contribution is 2.36. The monoisotopic (exact) mass is 517 g/mol. The van der Waals surface area contributed by atoms with E-state index >= 15 is 0 Å². The Kier molecular flexibility index (Phi) is 6.98. The number of aromatic nitrogens is 3. The van der Waals surface area contributed by atoms with Crippen LogP contribution in [0.5, 0.6) is 5.75 Å². The van der Waals surface area contributed by atoms with Gasteiger partial charge in [0.2, 0.25) is 0 Å². The summed E-state index contributed by atoms with van der Waals surface area (Å²) in [6.07, 6.45) is 2.87. The summed E-state index contributed by atoms with van der Waals surface area (Å²) >= 11 is 0. The van der Waals surface area contributed by atoms with E-state index in [1.54, 1.807) is 18.2 Å². The summed E-state index contributed by atoms with van der Waals surface area (Å²) in [5.74, 6) is 0.807. The molecule has 11 heteroatoms. The molecule has 0 spiro atoms. The van der Waals surface area contributed by atoms with E-state index in [0.717, 1.165) is 73.2 Å². The van der Waals surface area contributed by atoms with Crippen LogP contribution in [-0.4, -0.2) is 58.4 Å². The van der Waals surface area contributed by atoms with Gasteiger partial charge in [-0.3, -0.25) is 4.79 Å². The van der Waals surface area contributed by atoms with Crippen molar-refractivity contribution in [2.45, 2.75) is 62.8 Å². The van der Waals surface area contributed by atoms with Crippen LogP contribution in [0.15, 0.2) is 30.5 Å². The number of carbonyl (C=O) groups is 1. The van der Waals surface area contributed by atoms with Crippen molar-refractivity contribution in [3.8, 4) is 5.75 Å². The average Bonchev–Trinajstić information content (AvgIpc) is 3.32. The molecule has 2 fully saturated rings. The fraction of sp³-hybridized carbons (Fsp3) is 0.500. The van der Waals surface area contributed by atoms with Gasteiger partial charge in [-0.1, -0.05) is 0 Å². The minimum absolute atomic E-state index is 0.0479. The number of carbonyl (C=O) groups excluding carboxylic acids is 1. The summed E-state index contributed by atoms with van der Waals surface area (Å²) in [7, 11) is 1.76. The molecule has 1 aliphatic heterocycles. The van der Waals surface area contributed by atoms with E-state index in [1.807, 2.05) is 6.07 Å². The van der Waals surface area contributed by atoms with Gasteiger partial charge in [-0.15, -0.1) is 13.2 Å². The normalized spacial score (nSPS) is 21.4. The van der Waals surface area contributed by atoms with Gasteiger partial charge >= 0.3 is 6.36 Å². The number of alkyl halides is 3. The molecule has 0 radical (unpaired) electrons. The summed E-state index contributed by atoms with van der Waals surface area (Å²) in [6.45, 7) is 1.01. The first-order chi connectivity index (χ1) is 17.7. The summed E-state index contributed by atoms with van der Waals surface area (Å²) < 4.78 is 46.8. The van der Waals surface area contributed by atoms with Gasteiger partial charge < -0.3 is 25.1 Å². The Morgan fingerprint density at radius 1 is 1.08 bits per heavy atom. The number of hydrogen-bond acceptors (Lipinski definition) is 6. The smallest absolute Gasteiger partial charge is 0.406 e. The lowest BCUT2D eigenvalue weighted by atomic mass is 9.87. The number of rotatable bonds is 5. The van der Waals surface area contributed by atoms with Gasteiger partial charge in [0.25, 0.3) is 5.91 Å². The first-order valence-corrected chi connectivity index (χ1v) is 12.5. The van der Waals surface area contributed by atoms with Crippen LogP contribution in [0, 0.1) is 0 Å². The molecule has 1 amide bonds. The van der Waals surface area contributed by atoms with Crippen LogP contribution in [0.3, 0.4) is 0 Å². The predicted molar refractivity (Wildman–Crippen MR) is 131 cm³/mol. The van der Waals surface area contributed by atoms with Gasteiger partial charge in [-0.2, -0.15) is 0 Å². The van der Waals surface area contributed by atoms with Crippen molar-refractivity contribution in [2.75, 3.05) is 25.9 Å². The first kappa shape index (κ1) is 25.3. The molecule has 2 aliphatic rings. The number of imidazole rings is 1. The van der Waals surface area contributed by atoms with Gasteiger partial charge in [0.1, 0.15) is 17.1 Å². The van der Waals surface area contributed by atoms with Gasteiger partial charge in [-0.25, -0.2) is 9.97 Å². The van der Waals surface area contributed by atoms with Crippen LogP contribution in [-0.2, 0) is 4.74 Å². The number of ether oxygens (including phenoxy) is 2. The van der Waals surface area contributed by atoms with Crippen LogP contribution in [0.2, 0.25) is 0 Å². The van der Waals surface area contributed by atoms with Gasteiger partial charge in [0.15, 0.2) is 5.65 Å². The second kappa shape index (κ2) is 10.2. The van der Waals surface area contributed by atoms with E-state index in [-0.39, 0.29) is 23.1 Å². The summed E-state index contributed by atoms with van der Waals surface area (Å²) in [5.41, 5.74) is 8.80. The first-order valence-electron chi connectivity index (χ1n) is 12.5. The maximum absolute atomic E-state index is 13.0. The number of amides is 1. The molecular weight excluding hydrogens is 487 g/mol. The molecule has 2 aromatic heterocycles. The maximum Gasteiger partial charge on any atom is 0.573 e. The van der Waals surface area contributed by atoms with Crippen molar-refractivity contribution >= 4 is 22.8 Å². The van der Waals surface area contributed by atoms with E-state index in [9.17, 15) is 18.0 Å². The van der Waals surface area contributed by atoms with Crippen LogP contribution in [0.1, 0.15) is 72.1 Å². The molecule has 198 valence electrons. The number of methoxy groups -OCH3 is 1. The molecule has 3 N–H and O–H groups in total. The highest BCUT2D eigenvalue weighted by Gasteiger charge is 2.32. The molecule has 8 nitrogen and oxygen atoms in total. The zero-order valence-corrected chi connectivity index (χ0v) is 20.6. The lowest BCUT2D eigenvalue weighted by molar-refractivity contribution is -0.274. The number of fused-ring (bicyclic) bond motifs is 1. The number of H-pyrrole nitrogens is 1. The molecule has 0 bridgehead atoms. The van der Waals surface area contributed by atoms with Crippen molar-refractivity contribution in [3.63, 3.8) is 0 Å². The van der Waals surface area contributed by atoms with Crippen molar-refractivity contribution in [2.24, 2.45) is 0 Å². The van der Waals surface area contributed by atoms with E-state index in [1.165, 1.54) is 6.07 Å². The Balaban J connectivity index is 1.26. The molecule has 0 unspecified atom stereocenters. The van der Waals surface area contributed by atoms with Crippen molar-refractivity contribution in [1.29, 1.82) is 0 Å². The van der Waals surface area contributed by atoms with Gasteiger partial charge in [0.05, 0.1) is 11.7 Å². The molecule has 3 heterocycles. The Morgan fingerprint density at radius 3 is 2.46 bits per heavy atom. The number of nitrogens with zero attached hydrogens (tertiary/aromatic N) is 3. The Bertz CT molecular complexity index is 1260. The molecule has 1 aliphatic carbocycles. The number of anilines is 1. The summed E-state index contributed by atoms with van der Waals surface area (Å²) in [6, 6.07) is 5.42. The zero-order valence-electron chi connectivity index (χ0n) is 20.6. The van der Waals surface area contributed by atoms with E-state index < -0.39 is 12.1 Å². The number of nitrogens with two attached hydrogens (primary N) is 1. The third-order valence-electron chi connectivity index (χ3n) is 7.54. The van der Waals surface area contributed by atoms with Crippen molar-refractivity contribution in [3.05, 3.63) is 47.4 Å². The fourth-order valence-electron chi connectivity index (χ4n) is 5.54. The average molecular weight is 518 g/mol. The summed E-state index contributed by atoms with van der Waals surface area (Å²) in [4.78, 5) is 27.6. The van der Waals surface area contributed by atoms with Crippen LogP contribution >= 0.6 is 0 Å². The molecule has 5 rings (SSSR count). The molecule has 3 aromatic rings. The SMILES string of the molecule is CO[C@H]1CC[C@H](c2nc3c(C4CCN(C(=O)c5ccc(OC(F)(F)F)cc5N)CC4)ccnc3[nH]2)CC1. The molecular formula is C26H30F3N5O3. The lowest BCUT2D eigenvalue weighted by Gasteiger charge is -2.32. The lowest BCUT2D eigenvalue weighted by Crippen LogP contribution is -2.38. The van der Waals surface area contributed by atoms with Crippen LogP contribution in [0.25, 0.3) is 11.2 Å². The van der Waals surface area contributed by atoms with Crippen molar-refractivity contribution < 1.29 is 27.4 Å². The summed E-state index contributed by atoms with van der Waals surface area (Å²) in [5, 5.41) is 0. The maximum atomic E-state index is 13.0. The number of piperidine rings is 1. The molecule has 0 atom stereocenters. The molecule has 1 saturated carbocycles. The number of benzene rings is 1. The minimum atomic E-state index is -4.82. The van der Waals surface area contributed by atoms with E-state index in [0.29, 0.717) is 25.1 Å². The quantitative estimate of drug-likeness (QED) is 0.455. The van der Waals surface area contributed by atoms with Gasteiger partial charge in [0, 0.05) is 44.1 Å². The topological polar surface area (TPSA) is 106 Å². The second-order valence-electron chi connectivity index (χ2n) is 9.79. The standard InChI is InChI=1S/C26H30F3N5O3/c1-36-17-4-2-16(3-5-17)23-32-22-19(8-11-31-24(22)33-23)15-9-12-34(13-10-15)25(35)20-7-6-18(14-21(20)30)37-26(27,28)29/h6-8,11,14-17H,2-5,9-10,12-13,30H2,1H3,(H,31,32,33)/t16-,17-. The largest absolute Gasteiger partial charge is 0.573 e. The van der Waals surface area contributed by atoms with Crippen molar-refractivity contribution in [1.82, 2.24) is 19.9 Å². The fourth-order valence-corrected chi connectivity index (χ4v) is 5.54. The Morgan fingerprint density at radius 2 is 1.81 bits per heavy atom. The molecule has 1 aromatic carbocycles. The number of nitrogens with one attached hydrogen (secondary N) is 1. The van der Waals surface area contributed by atoms with Gasteiger partial charge in [-0.05, 0) is 68.2 Å². The Labute approximate surface area is 212 Å². The predicted octanol–water partition coefficient (Wildman–Crippen LogP) is 5.13. The number of likely N-dealkylation sites (tertiary alicyclic amines) is 1. The third-order valence-corrected chi connectivity index (χ3v) is 7.54. The minimum Gasteiger partial charge on any atom is -0.406 e. The molecule has 37 heavy (non-hydrogen) atoms. The zero-order chi connectivity index (χ0) is 26.2. The number of halogens is 3. The van der Waals surface area contributed by atoms with E-state index in [4.69, 9.17) is 15.5 Å².